The number of rotatable bonds is 4. The molecule has 4 rings (SSSR count). The molecule has 0 saturated carbocycles. The maximum absolute atomic E-state index is 13.1. The van der Waals surface area contributed by atoms with Gasteiger partial charge in [0.05, 0.1) is 19.0 Å². The number of H-pyrrole nitrogens is 1. The van der Waals surface area contributed by atoms with E-state index in [0.29, 0.717) is 42.6 Å². The van der Waals surface area contributed by atoms with Crippen molar-refractivity contribution in [3.8, 4) is 17.0 Å². The lowest BCUT2D eigenvalue weighted by atomic mass is 10.1. The molecule has 0 spiro atoms. The first-order valence-corrected chi connectivity index (χ1v) is 9.43. The number of carbonyl (C=O) groups excluding carboxylic acids is 1. The number of carbonyl (C=O) groups is 1. The van der Waals surface area contributed by atoms with E-state index in [9.17, 15) is 9.18 Å². The highest BCUT2D eigenvalue weighted by molar-refractivity contribution is 5.93. The number of benzene rings is 1. The molecule has 1 unspecified atom stereocenters. The van der Waals surface area contributed by atoms with E-state index in [0.717, 1.165) is 5.56 Å². The second-order valence-corrected chi connectivity index (χ2v) is 7.00. The van der Waals surface area contributed by atoms with Crippen molar-refractivity contribution in [1.29, 1.82) is 0 Å². The van der Waals surface area contributed by atoms with E-state index in [4.69, 9.17) is 4.74 Å². The number of aromatic nitrogens is 3. The average molecular weight is 395 g/mol. The Kier molecular flexibility index (Phi) is 5.16. The molecule has 0 aliphatic carbocycles. The van der Waals surface area contributed by atoms with Crippen LogP contribution in [0.1, 0.15) is 17.4 Å². The summed E-state index contributed by atoms with van der Waals surface area (Å²) in [4.78, 5) is 21.0. The Balaban J connectivity index is 1.47. The van der Waals surface area contributed by atoms with Gasteiger partial charge >= 0.3 is 0 Å². The number of para-hydroxylation sites is 1. The fourth-order valence-electron chi connectivity index (χ4n) is 3.62. The van der Waals surface area contributed by atoms with Crippen LogP contribution in [-0.2, 0) is 0 Å². The maximum atomic E-state index is 13.1. The zero-order valence-electron chi connectivity index (χ0n) is 16.3. The molecule has 3 aromatic rings. The van der Waals surface area contributed by atoms with Crippen molar-refractivity contribution in [3.05, 3.63) is 60.2 Å². The van der Waals surface area contributed by atoms with Crippen molar-refractivity contribution in [2.75, 3.05) is 31.6 Å². The Morgan fingerprint density at radius 1 is 1.24 bits per heavy atom. The molecular formula is C21H22FN5O2. The van der Waals surface area contributed by atoms with Gasteiger partial charge in [-0.15, -0.1) is 0 Å². The number of ether oxygens (including phenoxy) is 1. The number of hydrogen-bond donors (Lipinski definition) is 1. The molecule has 1 saturated heterocycles. The van der Waals surface area contributed by atoms with E-state index in [1.54, 1.807) is 24.1 Å². The van der Waals surface area contributed by atoms with E-state index in [1.165, 1.54) is 12.3 Å². The summed E-state index contributed by atoms with van der Waals surface area (Å²) in [5.74, 6) is 0.954. The summed E-state index contributed by atoms with van der Waals surface area (Å²) in [5.41, 5.74) is 1.92. The molecule has 7 nitrogen and oxygen atoms in total. The SMILES string of the molecule is COc1ccccc1-c1cc(C(=O)N2CCN(c3ccc(F)cn3)C(C)C2)[nH]n1. The number of nitrogens with zero attached hydrogens (tertiary/aromatic N) is 4. The lowest BCUT2D eigenvalue weighted by molar-refractivity contribution is 0.0720. The molecule has 0 radical (unpaired) electrons. The summed E-state index contributed by atoms with van der Waals surface area (Å²) >= 11 is 0. The number of nitrogens with one attached hydrogen (secondary N) is 1. The van der Waals surface area contributed by atoms with Gasteiger partial charge in [-0.25, -0.2) is 9.37 Å². The topological polar surface area (TPSA) is 74.3 Å². The van der Waals surface area contributed by atoms with Gasteiger partial charge in [0.25, 0.3) is 5.91 Å². The number of methoxy groups -OCH3 is 1. The Labute approximate surface area is 168 Å². The van der Waals surface area contributed by atoms with Crippen molar-refractivity contribution in [3.63, 3.8) is 0 Å². The van der Waals surface area contributed by atoms with Gasteiger partial charge in [0.1, 0.15) is 23.1 Å². The van der Waals surface area contributed by atoms with Crippen LogP contribution in [0.15, 0.2) is 48.7 Å². The molecule has 1 aliphatic rings. The largest absolute Gasteiger partial charge is 0.496 e. The number of anilines is 1. The highest BCUT2D eigenvalue weighted by Gasteiger charge is 2.29. The molecule has 1 N–H and O–H groups in total. The van der Waals surface area contributed by atoms with E-state index >= 15 is 0 Å². The predicted molar refractivity (Wildman–Crippen MR) is 107 cm³/mol. The molecule has 29 heavy (non-hydrogen) atoms. The zero-order chi connectivity index (χ0) is 20.4. The summed E-state index contributed by atoms with van der Waals surface area (Å²) < 4.78 is 18.5. The van der Waals surface area contributed by atoms with Gasteiger partial charge in [-0.3, -0.25) is 9.89 Å². The number of halogens is 1. The molecule has 8 heteroatoms. The molecule has 1 atom stereocenters. The molecule has 2 aromatic heterocycles. The molecule has 1 amide bonds. The lowest BCUT2D eigenvalue weighted by Gasteiger charge is -2.40. The Bertz CT molecular complexity index is 1000. The summed E-state index contributed by atoms with van der Waals surface area (Å²) in [7, 11) is 1.61. The first-order chi connectivity index (χ1) is 14.1. The van der Waals surface area contributed by atoms with Crippen LogP contribution in [0.5, 0.6) is 5.75 Å². The minimum Gasteiger partial charge on any atom is -0.496 e. The summed E-state index contributed by atoms with van der Waals surface area (Å²) in [6.07, 6.45) is 1.21. The molecule has 1 aliphatic heterocycles. The van der Waals surface area contributed by atoms with Crippen LogP contribution in [-0.4, -0.2) is 58.8 Å². The third-order valence-electron chi connectivity index (χ3n) is 5.11. The fraction of sp³-hybridized carbons (Fsp3) is 0.286. The highest BCUT2D eigenvalue weighted by Crippen LogP contribution is 2.28. The van der Waals surface area contributed by atoms with Gasteiger partial charge < -0.3 is 14.5 Å². The number of piperazine rings is 1. The summed E-state index contributed by atoms with van der Waals surface area (Å²) in [6.45, 7) is 3.74. The molecule has 3 heterocycles. The lowest BCUT2D eigenvalue weighted by Crippen LogP contribution is -2.54. The van der Waals surface area contributed by atoms with Crippen molar-refractivity contribution < 1.29 is 13.9 Å². The molecule has 1 aromatic carbocycles. The monoisotopic (exact) mass is 395 g/mol. The normalized spacial score (nSPS) is 16.7. The van der Waals surface area contributed by atoms with Crippen LogP contribution >= 0.6 is 0 Å². The minimum absolute atomic E-state index is 0.0577. The van der Waals surface area contributed by atoms with E-state index in [2.05, 4.69) is 20.1 Å². The van der Waals surface area contributed by atoms with Gasteiger partial charge in [-0.05, 0) is 37.3 Å². The van der Waals surface area contributed by atoms with Gasteiger partial charge in [0, 0.05) is 31.2 Å². The smallest absolute Gasteiger partial charge is 0.272 e. The average Bonchev–Trinajstić information content (AvgIpc) is 3.24. The van der Waals surface area contributed by atoms with Crippen LogP contribution < -0.4 is 9.64 Å². The minimum atomic E-state index is -0.361. The predicted octanol–water partition coefficient (Wildman–Crippen LogP) is 2.97. The summed E-state index contributed by atoms with van der Waals surface area (Å²) in [5, 5.41) is 7.14. The van der Waals surface area contributed by atoms with Crippen LogP contribution in [0, 0.1) is 5.82 Å². The molecule has 150 valence electrons. The first kappa shape index (κ1) is 18.9. The molecular weight excluding hydrogens is 373 g/mol. The number of amides is 1. The Morgan fingerprint density at radius 3 is 2.79 bits per heavy atom. The second-order valence-electron chi connectivity index (χ2n) is 7.00. The quantitative estimate of drug-likeness (QED) is 0.735. The summed E-state index contributed by atoms with van der Waals surface area (Å²) in [6, 6.07) is 12.4. The van der Waals surface area contributed by atoms with Crippen molar-refractivity contribution >= 4 is 11.7 Å². The Hall–Kier alpha value is -3.42. The van der Waals surface area contributed by atoms with Gasteiger partial charge in [0.15, 0.2) is 0 Å². The zero-order valence-corrected chi connectivity index (χ0v) is 16.3. The fourth-order valence-corrected chi connectivity index (χ4v) is 3.62. The van der Waals surface area contributed by atoms with Crippen molar-refractivity contribution in [1.82, 2.24) is 20.1 Å². The Morgan fingerprint density at radius 2 is 2.07 bits per heavy atom. The first-order valence-electron chi connectivity index (χ1n) is 9.43. The molecule has 1 fully saturated rings. The highest BCUT2D eigenvalue weighted by atomic mass is 19.1. The standard InChI is InChI=1S/C21H22FN5O2/c1-14-13-26(9-10-27(14)20-8-7-15(22)12-23-20)21(28)18-11-17(24-25-18)16-5-3-4-6-19(16)29-2/h3-8,11-12,14H,9-10,13H2,1-2H3,(H,24,25). The van der Waals surface area contributed by atoms with Gasteiger partial charge in [-0.2, -0.15) is 5.10 Å². The number of aromatic amines is 1. The van der Waals surface area contributed by atoms with Crippen LogP contribution in [0.2, 0.25) is 0 Å². The van der Waals surface area contributed by atoms with Crippen LogP contribution in [0.3, 0.4) is 0 Å². The van der Waals surface area contributed by atoms with Crippen molar-refractivity contribution in [2.24, 2.45) is 0 Å². The van der Waals surface area contributed by atoms with E-state index < -0.39 is 0 Å². The third-order valence-corrected chi connectivity index (χ3v) is 5.11. The van der Waals surface area contributed by atoms with Crippen LogP contribution in [0.4, 0.5) is 10.2 Å². The molecule has 0 bridgehead atoms. The van der Waals surface area contributed by atoms with Crippen LogP contribution in [0.25, 0.3) is 11.3 Å². The van der Waals surface area contributed by atoms with Gasteiger partial charge in [0.2, 0.25) is 0 Å². The maximum Gasteiger partial charge on any atom is 0.272 e. The van der Waals surface area contributed by atoms with Gasteiger partial charge in [-0.1, -0.05) is 12.1 Å². The number of hydrogen-bond acceptors (Lipinski definition) is 5. The second kappa shape index (κ2) is 7.90. The number of pyridine rings is 1. The van der Waals surface area contributed by atoms with E-state index in [-0.39, 0.29) is 17.8 Å². The van der Waals surface area contributed by atoms with Crippen molar-refractivity contribution in [2.45, 2.75) is 13.0 Å². The van der Waals surface area contributed by atoms with E-state index in [1.807, 2.05) is 31.2 Å². The third kappa shape index (κ3) is 3.78.